The molecule has 17 nitrogen and oxygen atoms in total. The highest BCUT2D eigenvalue weighted by Crippen LogP contribution is 2.45. The van der Waals surface area contributed by atoms with Gasteiger partial charge >= 0.3 is 39.5 Å². The van der Waals surface area contributed by atoms with Crippen LogP contribution in [0.4, 0.5) is 0 Å². The number of carbonyl (C=O) groups is 4. The van der Waals surface area contributed by atoms with E-state index >= 15 is 0 Å². The van der Waals surface area contributed by atoms with Crippen molar-refractivity contribution in [3.05, 3.63) is 0 Å². The quantitative estimate of drug-likeness (QED) is 0.0222. The number of hydrogen-bond acceptors (Lipinski definition) is 15. The predicted molar refractivity (Wildman–Crippen MR) is 358 cm³/mol. The summed E-state index contributed by atoms with van der Waals surface area (Å²) in [5, 5.41) is 10.6. The maximum absolute atomic E-state index is 13.0. The molecule has 0 saturated carbocycles. The lowest BCUT2D eigenvalue weighted by atomic mass is 10.0. The van der Waals surface area contributed by atoms with Gasteiger partial charge in [-0.2, -0.15) is 0 Å². The van der Waals surface area contributed by atoms with Crippen LogP contribution in [-0.2, 0) is 65.4 Å². The molecule has 5 atom stereocenters. The third-order valence-corrected chi connectivity index (χ3v) is 18.1. The second-order valence-electron chi connectivity index (χ2n) is 26.2. The van der Waals surface area contributed by atoms with Crippen LogP contribution in [0.25, 0.3) is 0 Å². The maximum atomic E-state index is 13.0. The minimum atomic E-state index is -4.95. The molecule has 0 aliphatic carbocycles. The van der Waals surface area contributed by atoms with Crippen LogP contribution in [0.2, 0.25) is 0 Å². The zero-order valence-electron chi connectivity index (χ0n) is 57.7. The molecule has 0 radical (unpaired) electrons. The molecular weight excluding hydrogens is 1170 g/mol. The van der Waals surface area contributed by atoms with Crippen molar-refractivity contribution in [1.82, 2.24) is 0 Å². The van der Waals surface area contributed by atoms with E-state index in [0.29, 0.717) is 25.7 Å². The number of rotatable bonds is 69. The fourth-order valence-corrected chi connectivity index (χ4v) is 12.2. The van der Waals surface area contributed by atoms with Gasteiger partial charge in [-0.15, -0.1) is 0 Å². The SMILES string of the molecule is CCCCCCCCCCCCCCCCCCCCC(=O)O[C@H](COC(=O)CCCCCCCCCCCC(C)C)COP(=O)(O)OC[C@@H](O)COP(=O)(O)OC[C@@H](COC(=O)CCCCCCCCC)OC(=O)CCCCCCCCCCCC(C)C. The highest BCUT2D eigenvalue weighted by Gasteiger charge is 2.30. The summed E-state index contributed by atoms with van der Waals surface area (Å²) < 4.78 is 68.2. The minimum absolute atomic E-state index is 0.105. The fourth-order valence-electron chi connectivity index (χ4n) is 10.6. The molecule has 0 bridgehead atoms. The number of unbranched alkanes of at least 4 members (excludes halogenated alkanes) is 39. The van der Waals surface area contributed by atoms with Gasteiger partial charge in [0.1, 0.15) is 19.3 Å². The van der Waals surface area contributed by atoms with E-state index in [9.17, 15) is 43.2 Å². The van der Waals surface area contributed by atoms with Crippen LogP contribution in [0.15, 0.2) is 0 Å². The van der Waals surface area contributed by atoms with Crippen LogP contribution < -0.4 is 0 Å². The molecule has 0 spiro atoms. The van der Waals surface area contributed by atoms with Crippen molar-refractivity contribution in [2.24, 2.45) is 11.8 Å². The zero-order chi connectivity index (χ0) is 65.7. The number of ether oxygens (including phenoxy) is 4. The Hall–Kier alpha value is -1.94. The Kier molecular flexibility index (Phi) is 60.8. The summed E-state index contributed by atoms with van der Waals surface area (Å²) in [5.41, 5.74) is 0. The Bertz CT molecular complexity index is 1730. The first kappa shape index (κ1) is 87.1. The Morgan fingerprint density at radius 1 is 0.303 bits per heavy atom. The van der Waals surface area contributed by atoms with Crippen molar-refractivity contribution < 1.29 is 80.2 Å². The average Bonchev–Trinajstić information content (AvgIpc) is 3.64. The molecule has 0 rings (SSSR count). The molecule has 3 N–H and O–H groups in total. The summed E-state index contributed by atoms with van der Waals surface area (Å²) >= 11 is 0. The van der Waals surface area contributed by atoms with Gasteiger partial charge < -0.3 is 33.8 Å². The van der Waals surface area contributed by atoms with Crippen molar-refractivity contribution in [2.45, 2.75) is 374 Å². The molecule has 2 unspecified atom stereocenters. The minimum Gasteiger partial charge on any atom is -0.462 e. The van der Waals surface area contributed by atoms with Crippen LogP contribution in [0.1, 0.15) is 356 Å². The van der Waals surface area contributed by atoms with E-state index in [1.54, 1.807) is 0 Å². The van der Waals surface area contributed by atoms with Gasteiger partial charge in [-0.05, 0) is 37.5 Å². The van der Waals surface area contributed by atoms with Gasteiger partial charge in [0.15, 0.2) is 12.2 Å². The molecule has 0 aliphatic rings. The molecular formula is C70H136O17P2. The van der Waals surface area contributed by atoms with E-state index in [1.165, 1.54) is 161 Å². The molecule has 0 aliphatic heterocycles. The summed E-state index contributed by atoms with van der Waals surface area (Å²) in [6.07, 6.45) is 47.4. The maximum Gasteiger partial charge on any atom is 0.472 e. The summed E-state index contributed by atoms with van der Waals surface area (Å²) in [4.78, 5) is 72.4. The van der Waals surface area contributed by atoms with E-state index < -0.39 is 97.5 Å². The summed E-state index contributed by atoms with van der Waals surface area (Å²) in [6, 6.07) is 0. The fraction of sp³-hybridized carbons (Fsp3) is 0.943. The first-order chi connectivity index (χ1) is 42.9. The molecule has 19 heteroatoms. The molecule has 0 heterocycles. The predicted octanol–water partition coefficient (Wildman–Crippen LogP) is 20.0. The van der Waals surface area contributed by atoms with Crippen molar-refractivity contribution in [3.8, 4) is 0 Å². The van der Waals surface area contributed by atoms with Gasteiger partial charge in [-0.3, -0.25) is 37.3 Å². The average molecular weight is 1310 g/mol. The second-order valence-corrected chi connectivity index (χ2v) is 29.1. The lowest BCUT2D eigenvalue weighted by molar-refractivity contribution is -0.161. The molecule has 0 fully saturated rings. The Morgan fingerprint density at radius 3 is 0.764 bits per heavy atom. The van der Waals surface area contributed by atoms with E-state index in [1.807, 2.05) is 0 Å². The van der Waals surface area contributed by atoms with Crippen molar-refractivity contribution in [2.75, 3.05) is 39.6 Å². The van der Waals surface area contributed by atoms with Gasteiger partial charge in [0.2, 0.25) is 0 Å². The molecule has 0 aromatic heterocycles. The van der Waals surface area contributed by atoms with Gasteiger partial charge in [-0.1, -0.05) is 305 Å². The van der Waals surface area contributed by atoms with Crippen LogP contribution in [-0.4, -0.2) is 96.7 Å². The number of aliphatic hydroxyl groups is 1. The zero-order valence-corrected chi connectivity index (χ0v) is 59.5. The molecule has 0 saturated heterocycles. The van der Waals surface area contributed by atoms with E-state index in [4.69, 9.17) is 37.0 Å². The molecule has 89 heavy (non-hydrogen) atoms. The number of phosphoric acid groups is 2. The standard InChI is InChI=1S/C70H136O17P2/c1-7-9-11-13-15-16-17-18-19-20-21-22-23-24-29-36-42-48-54-69(74)87-66(59-81-68(73)53-47-41-35-30-25-27-33-38-44-50-62(3)4)61-85-89(78,79)83-57-64(71)56-82-88(76,77)84-60-65(58-80-67(72)52-46-40-32-14-12-10-8-2)86-70(75)55-49-43-37-31-26-28-34-39-45-51-63(5)6/h62-66,71H,7-61H2,1-6H3,(H,76,77)(H,78,79)/t64-,65+,66+/m0/s1. The third kappa shape index (κ3) is 64.6. The largest absolute Gasteiger partial charge is 0.472 e. The number of hydrogen-bond donors (Lipinski definition) is 3. The first-order valence-electron chi connectivity index (χ1n) is 36.5. The summed E-state index contributed by atoms with van der Waals surface area (Å²) in [6.45, 7) is 9.47. The number of esters is 4. The highest BCUT2D eigenvalue weighted by molar-refractivity contribution is 7.47. The lowest BCUT2D eigenvalue weighted by Gasteiger charge is -2.21. The number of phosphoric ester groups is 2. The topological polar surface area (TPSA) is 237 Å². The molecule has 0 amide bonds. The molecule has 0 aromatic rings. The van der Waals surface area contributed by atoms with Crippen molar-refractivity contribution in [3.63, 3.8) is 0 Å². The summed E-state index contributed by atoms with van der Waals surface area (Å²) in [7, 11) is -9.89. The van der Waals surface area contributed by atoms with Crippen molar-refractivity contribution in [1.29, 1.82) is 0 Å². The summed E-state index contributed by atoms with van der Waals surface area (Å²) in [5.74, 6) is -0.649. The van der Waals surface area contributed by atoms with Gasteiger partial charge in [0.05, 0.1) is 26.4 Å². The third-order valence-electron chi connectivity index (χ3n) is 16.2. The molecule has 0 aromatic carbocycles. The second kappa shape index (κ2) is 62.2. The normalized spacial score (nSPS) is 14.1. The van der Waals surface area contributed by atoms with E-state index in [2.05, 4.69) is 41.5 Å². The van der Waals surface area contributed by atoms with E-state index in [-0.39, 0.29) is 25.7 Å². The highest BCUT2D eigenvalue weighted by atomic mass is 31.2. The monoisotopic (exact) mass is 1310 g/mol. The first-order valence-corrected chi connectivity index (χ1v) is 39.5. The number of carbonyl (C=O) groups excluding carboxylic acids is 4. The van der Waals surface area contributed by atoms with Gasteiger partial charge in [0.25, 0.3) is 0 Å². The van der Waals surface area contributed by atoms with Crippen LogP contribution in [0.3, 0.4) is 0 Å². The Labute approximate surface area is 543 Å². The molecule has 528 valence electrons. The van der Waals surface area contributed by atoms with Crippen LogP contribution >= 0.6 is 15.6 Å². The Morgan fingerprint density at radius 2 is 0.517 bits per heavy atom. The Balaban J connectivity index is 5.19. The van der Waals surface area contributed by atoms with Crippen LogP contribution in [0.5, 0.6) is 0 Å². The van der Waals surface area contributed by atoms with Crippen LogP contribution in [0, 0.1) is 11.8 Å². The smallest absolute Gasteiger partial charge is 0.462 e. The lowest BCUT2D eigenvalue weighted by Crippen LogP contribution is -2.30. The van der Waals surface area contributed by atoms with E-state index in [0.717, 1.165) is 115 Å². The number of aliphatic hydroxyl groups excluding tert-OH is 1. The van der Waals surface area contributed by atoms with Crippen molar-refractivity contribution >= 4 is 39.5 Å². The van der Waals surface area contributed by atoms with Gasteiger partial charge in [-0.25, -0.2) is 9.13 Å². The van der Waals surface area contributed by atoms with Gasteiger partial charge in [0, 0.05) is 25.7 Å².